The minimum atomic E-state index is -1.39. The fourth-order valence-electron chi connectivity index (χ4n) is 9.87. The van der Waals surface area contributed by atoms with Crippen molar-refractivity contribution in [2.75, 3.05) is 12.3 Å². The second-order valence-corrected chi connectivity index (χ2v) is 13.9. The van der Waals surface area contributed by atoms with E-state index in [0.29, 0.717) is 24.9 Å². The van der Waals surface area contributed by atoms with Crippen LogP contribution in [0.25, 0.3) is 0 Å². The number of hydrogen-bond acceptors (Lipinski definition) is 8. The van der Waals surface area contributed by atoms with Crippen molar-refractivity contribution in [2.24, 2.45) is 28.6 Å². The Bertz CT molecular complexity index is 1580. The summed E-state index contributed by atoms with van der Waals surface area (Å²) in [6, 6.07) is 13.4. The van der Waals surface area contributed by atoms with Gasteiger partial charge in [-0.2, -0.15) is 0 Å². The first kappa shape index (κ1) is 29.6. The van der Waals surface area contributed by atoms with Gasteiger partial charge in [-0.3, -0.25) is 9.59 Å². The number of aliphatic hydroxyl groups excluding tert-OH is 3. The molecule has 1 heterocycles. The van der Waals surface area contributed by atoms with Gasteiger partial charge in [0.05, 0.1) is 18.8 Å². The molecule has 0 unspecified atom stereocenters. The quantitative estimate of drug-likeness (QED) is 0.366. The molecule has 5 N–H and O–H groups in total. The number of ether oxygens (including phenoxy) is 2. The molecule has 0 spiro atoms. The van der Waals surface area contributed by atoms with Crippen LogP contribution in [-0.4, -0.2) is 51.3 Å². The zero-order valence-electron chi connectivity index (χ0n) is 25.2. The smallest absolute Gasteiger partial charge is 0.193 e. The van der Waals surface area contributed by atoms with E-state index in [1.807, 2.05) is 49.4 Å². The number of aliphatic hydroxyl groups is 3. The lowest BCUT2D eigenvalue weighted by atomic mass is 9.46. The van der Waals surface area contributed by atoms with Crippen molar-refractivity contribution in [3.63, 3.8) is 0 Å². The van der Waals surface area contributed by atoms with Gasteiger partial charge in [0.2, 0.25) is 0 Å². The maximum absolute atomic E-state index is 13.8. The lowest BCUT2D eigenvalue weighted by molar-refractivity contribution is -0.201. The summed E-state index contributed by atoms with van der Waals surface area (Å²) in [6.45, 7) is 3.38. The number of carbonyl (C=O) groups is 2. The predicted octanol–water partition coefficient (Wildman–Crippen LogP) is 3.95. The topological polar surface area (TPSA) is 139 Å². The van der Waals surface area contributed by atoms with E-state index in [4.69, 9.17) is 15.2 Å². The third-order valence-corrected chi connectivity index (χ3v) is 11.8. The van der Waals surface area contributed by atoms with E-state index >= 15 is 0 Å². The van der Waals surface area contributed by atoms with E-state index in [0.717, 1.165) is 40.7 Å². The molecule has 3 saturated carbocycles. The summed E-state index contributed by atoms with van der Waals surface area (Å²) in [4.78, 5) is 26.0. The Morgan fingerprint density at radius 1 is 1.11 bits per heavy atom. The highest BCUT2D eigenvalue weighted by molar-refractivity contribution is 6.01. The highest BCUT2D eigenvalue weighted by Gasteiger charge is 2.75. The molecule has 4 fully saturated rings. The lowest BCUT2D eigenvalue weighted by Crippen LogP contribution is -2.63. The molecule has 232 valence electrons. The maximum atomic E-state index is 13.8. The summed E-state index contributed by atoms with van der Waals surface area (Å²) in [5.41, 5.74) is 8.52. The minimum Gasteiger partial charge on any atom is -0.399 e. The number of hydrogen-bond donors (Lipinski definition) is 4. The summed E-state index contributed by atoms with van der Waals surface area (Å²) in [6.07, 6.45) is 6.32. The molecule has 5 aliphatic rings. The van der Waals surface area contributed by atoms with Gasteiger partial charge < -0.3 is 30.5 Å². The first-order chi connectivity index (χ1) is 21.0. The van der Waals surface area contributed by atoms with Gasteiger partial charge in [0.25, 0.3) is 0 Å². The highest BCUT2D eigenvalue weighted by Crippen LogP contribution is 2.70. The molecule has 9 atom stereocenters. The molecule has 8 heteroatoms. The zero-order valence-corrected chi connectivity index (χ0v) is 25.2. The number of rotatable bonds is 6. The number of anilines is 1. The molecule has 8 nitrogen and oxygen atoms in total. The Balaban J connectivity index is 1.20. The molecule has 0 amide bonds. The van der Waals surface area contributed by atoms with Crippen LogP contribution in [0.2, 0.25) is 0 Å². The molecular formula is C36H41NO7. The van der Waals surface area contributed by atoms with Crippen LogP contribution in [0.5, 0.6) is 0 Å². The van der Waals surface area contributed by atoms with Gasteiger partial charge in [-0.15, -0.1) is 0 Å². The zero-order chi connectivity index (χ0) is 31.0. The van der Waals surface area contributed by atoms with Crippen molar-refractivity contribution < 1.29 is 34.4 Å². The summed E-state index contributed by atoms with van der Waals surface area (Å²) >= 11 is 0. The molecule has 0 bridgehead atoms. The number of allylic oxidation sites excluding steroid dienone is 4. The minimum absolute atomic E-state index is 0.00632. The number of Topliss-reactive ketones (excluding diaryl/α,β-unsaturated/α-hetero) is 1. The summed E-state index contributed by atoms with van der Waals surface area (Å²) in [5, 5.41) is 32.0. The summed E-state index contributed by atoms with van der Waals surface area (Å²) in [7, 11) is 0. The van der Waals surface area contributed by atoms with Crippen molar-refractivity contribution in [3.8, 4) is 0 Å². The summed E-state index contributed by atoms with van der Waals surface area (Å²) < 4.78 is 13.4. The SMILES string of the molecule is C[C@]12C=CC(=O)C=C1CC[C@@H]1[C@@H]2[C@@H](O)C[C@@]2(C)[C@H]1C[C@H]1O[C@@H](c3cccc(Cc4ccc(N)cc4CO)c3)O[C@]12C(=O)CO. The number of nitrogen functional groups attached to an aromatic ring is 1. The second kappa shape index (κ2) is 10.5. The van der Waals surface area contributed by atoms with E-state index in [1.165, 1.54) is 0 Å². The maximum Gasteiger partial charge on any atom is 0.193 e. The Kier molecular flexibility index (Phi) is 7.03. The number of benzene rings is 2. The molecule has 0 aromatic heterocycles. The first-order valence-electron chi connectivity index (χ1n) is 15.7. The Morgan fingerprint density at radius 3 is 2.70 bits per heavy atom. The van der Waals surface area contributed by atoms with Crippen LogP contribution in [-0.2, 0) is 32.1 Å². The Hall–Kier alpha value is -3.14. The number of carbonyl (C=O) groups excluding carboxylic acids is 2. The lowest BCUT2D eigenvalue weighted by Gasteiger charge is -2.59. The predicted molar refractivity (Wildman–Crippen MR) is 163 cm³/mol. The van der Waals surface area contributed by atoms with Crippen molar-refractivity contribution in [1.82, 2.24) is 0 Å². The van der Waals surface area contributed by atoms with Crippen molar-refractivity contribution >= 4 is 17.3 Å². The van der Waals surface area contributed by atoms with Crippen molar-refractivity contribution in [2.45, 2.75) is 76.7 Å². The fourth-order valence-corrected chi connectivity index (χ4v) is 9.87. The van der Waals surface area contributed by atoms with Crippen LogP contribution in [0.15, 0.2) is 66.3 Å². The Labute approximate surface area is 257 Å². The van der Waals surface area contributed by atoms with Gasteiger partial charge in [-0.05, 0) is 84.9 Å². The van der Waals surface area contributed by atoms with Gasteiger partial charge in [0.15, 0.2) is 23.5 Å². The molecule has 7 rings (SSSR count). The number of ketones is 2. The number of nitrogens with two attached hydrogens (primary N) is 1. The van der Waals surface area contributed by atoms with Crippen LogP contribution in [0.4, 0.5) is 5.69 Å². The van der Waals surface area contributed by atoms with Gasteiger partial charge in [-0.1, -0.05) is 55.8 Å². The fraction of sp³-hybridized carbons (Fsp3) is 0.500. The highest BCUT2D eigenvalue weighted by atomic mass is 16.7. The molecular weight excluding hydrogens is 558 g/mol. The van der Waals surface area contributed by atoms with Crippen LogP contribution in [0, 0.1) is 28.6 Å². The average Bonchev–Trinajstić information content (AvgIpc) is 3.51. The molecule has 2 aromatic rings. The second-order valence-electron chi connectivity index (χ2n) is 13.9. The van der Waals surface area contributed by atoms with Gasteiger partial charge >= 0.3 is 0 Å². The van der Waals surface area contributed by atoms with E-state index in [-0.39, 0.29) is 30.1 Å². The normalized spacial score (nSPS) is 38.8. The Morgan fingerprint density at radius 2 is 1.93 bits per heavy atom. The van der Waals surface area contributed by atoms with Crippen molar-refractivity contribution in [3.05, 3.63) is 88.5 Å². The third kappa shape index (κ3) is 4.15. The standard InChI is InChI=1S/C36H41NO7/c1-34-11-10-26(40)15-24(34)7-9-27-28-16-31-36(30(42)19-39,35(28,2)17-29(41)32(27)34)44-33(43-31)22-5-3-4-20(13-22)12-21-6-8-25(37)14-23(21)18-38/h3-6,8,10-11,13-15,27-29,31-33,38-39,41H,7,9,12,16-19,37H2,1-2H3/t27-,28-,29-,31+,32+,33+,34-,35-,36+/m0/s1. The van der Waals surface area contributed by atoms with Gasteiger partial charge in [0.1, 0.15) is 6.61 Å². The van der Waals surface area contributed by atoms with E-state index < -0.39 is 47.3 Å². The van der Waals surface area contributed by atoms with Crippen LogP contribution in [0.3, 0.4) is 0 Å². The monoisotopic (exact) mass is 599 g/mol. The molecule has 0 radical (unpaired) electrons. The molecule has 4 aliphatic carbocycles. The average molecular weight is 600 g/mol. The van der Waals surface area contributed by atoms with E-state index in [9.17, 15) is 24.9 Å². The molecule has 1 saturated heterocycles. The van der Waals surface area contributed by atoms with Gasteiger partial charge in [-0.25, -0.2) is 0 Å². The first-order valence-corrected chi connectivity index (χ1v) is 15.7. The third-order valence-electron chi connectivity index (χ3n) is 11.8. The van der Waals surface area contributed by atoms with Crippen LogP contribution in [0.1, 0.15) is 68.1 Å². The van der Waals surface area contributed by atoms with E-state index in [2.05, 4.69) is 6.92 Å². The molecule has 44 heavy (non-hydrogen) atoms. The number of fused-ring (bicyclic) bond motifs is 7. The largest absolute Gasteiger partial charge is 0.399 e. The van der Waals surface area contributed by atoms with Gasteiger partial charge in [0, 0.05) is 28.0 Å². The van der Waals surface area contributed by atoms with Crippen molar-refractivity contribution in [1.29, 1.82) is 0 Å². The summed E-state index contributed by atoms with van der Waals surface area (Å²) in [5.74, 6) is -0.359. The molecule has 2 aromatic carbocycles. The van der Waals surface area contributed by atoms with Crippen LogP contribution >= 0.6 is 0 Å². The van der Waals surface area contributed by atoms with Crippen LogP contribution < -0.4 is 5.73 Å². The van der Waals surface area contributed by atoms with E-state index in [1.54, 1.807) is 18.2 Å². The molecule has 1 aliphatic heterocycles.